The third-order valence-electron chi connectivity index (χ3n) is 3.49. The van der Waals surface area contributed by atoms with Gasteiger partial charge in [-0.05, 0) is 24.3 Å². The molecule has 0 amide bonds. The number of benzene rings is 1. The van der Waals surface area contributed by atoms with Crippen LogP contribution in [-0.4, -0.2) is 28.4 Å². The fraction of sp³-hybridized carbons (Fsp3) is 0.188. The molecule has 0 atom stereocenters. The monoisotopic (exact) mass is 326 g/mol. The molecule has 1 aliphatic rings. The minimum atomic E-state index is -0.318. The molecule has 8 nitrogen and oxygen atoms in total. The van der Waals surface area contributed by atoms with E-state index >= 15 is 0 Å². The maximum absolute atomic E-state index is 12.1. The van der Waals surface area contributed by atoms with Crippen molar-refractivity contribution in [2.75, 3.05) is 18.5 Å². The van der Waals surface area contributed by atoms with Crippen molar-refractivity contribution in [2.24, 2.45) is 0 Å². The van der Waals surface area contributed by atoms with Crippen LogP contribution in [0, 0.1) is 0 Å². The fourth-order valence-electron chi connectivity index (χ4n) is 2.37. The first-order valence-electron chi connectivity index (χ1n) is 7.43. The van der Waals surface area contributed by atoms with E-state index in [1.807, 2.05) is 6.07 Å². The minimum absolute atomic E-state index is 0.250. The zero-order valence-electron chi connectivity index (χ0n) is 12.6. The molecule has 0 saturated heterocycles. The van der Waals surface area contributed by atoms with Crippen LogP contribution in [0.25, 0.3) is 0 Å². The number of aromatic amines is 1. The Morgan fingerprint density at radius 1 is 1.12 bits per heavy atom. The molecule has 0 saturated carbocycles. The van der Waals surface area contributed by atoms with E-state index in [9.17, 15) is 4.79 Å². The second kappa shape index (κ2) is 6.07. The number of anilines is 2. The molecule has 1 aromatic carbocycles. The van der Waals surface area contributed by atoms with Gasteiger partial charge in [-0.1, -0.05) is 0 Å². The predicted molar refractivity (Wildman–Crippen MR) is 84.9 cm³/mol. The lowest BCUT2D eigenvalue weighted by atomic mass is 10.2. The van der Waals surface area contributed by atoms with Crippen LogP contribution >= 0.6 is 0 Å². The second-order valence-electron chi connectivity index (χ2n) is 5.19. The summed E-state index contributed by atoms with van der Waals surface area (Å²) in [5.41, 5.74) is 0.683. The van der Waals surface area contributed by atoms with Gasteiger partial charge in [-0.15, -0.1) is 10.2 Å². The lowest BCUT2D eigenvalue weighted by molar-refractivity contribution is 0.171. The van der Waals surface area contributed by atoms with Crippen LogP contribution in [0.5, 0.6) is 11.5 Å². The summed E-state index contributed by atoms with van der Waals surface area (Å²) in [5.74, 6) is 2.25. The highest BCUT2D eigenvalue weighted by molar-refractivity contribution is 5.59. The van der Waals surface area contributed by atoms with Gasteiger partial charge in [0.05, 0.1) is 12.7 Å². The standard InChI is InChI=1S/C16H14N4O4/c21-15-12(9-11-2-1-5-22-11)19-20-16(18-15)17-10-3-4-13-14(8-10)24-7-6-23-13/h1-5,8H,6-7,9H2,(H2,17,18,20,21). The number of H-pyrrole nitrogens is 1. The quantitative estimate of drug-likeness (QED) is 0.754. The first kappa shape index (κ1) is 14.3. The Labute approximate surface area is 136 Å². The SMILES string of the molecule is O=c1[nH]c(Nc2ccc3c(c2)OCCO3)nnc1Cc1ccco1. The van der Waals surface area contributed by atoms with Gasteiger partial charge in [0.2, 0.25) is 5.95 Å². The highest BCUT2D eigenvalue weighted by Crippen LogP contribution is 2.33. The van der Waals surface area contributed by atoms with Gasteiger partial charge in [-0.3, -0.25) is 9.78 Å². The third-order valence-corrected chi connectivity index (χ3v) is 3.49. The van der Waals surface area contributed by atoms with Crippen LogP contribution in [-0.2, 0) is 6.42 Å². The number of hydrogen-bond donors (Lipinski definition) is 2. The number of ether oxygens (including phenoxy) is 2. The smallest absolute Gasteiger partial charge is 0.274 e. The normalized spacial score (nSPS) is 12.8. The van der Waals surface area contributed by atoms with E-state index < -0.39 is 0 Å². The van der Waals surface area contributed by atoms with Crippen LogP contribution in [0.3, 0.4) is 0 Å². The predicted octanol–water partition coefficient (Wildman–Crippen LogP) is 1.86. The highest BCUT2D eigenvalue weighted by atomic mass is 16.6. The van der Waals surface area contributed by atoms with Gasteiger partial charge in [0.15, 0.2) is 11.5 Å². The number of hydrogen-bond acceptors (Lipinski definition) is 7. The Balaban J connectivity index is 1.52. The second-order valence-corrected chi connectivity index (χ2v) is 5.19. The van der Waals surface area contributed by atoms with E-state index in [-0.39, 0.29) is 17.2 Å². The number of nitrogens with one attached hydrogen (secondary N) is 2. The lowest BCUT2D eigenvalue weighted by Crippen LogP contribution is -2.19. The molecule has 0 radical (unpaired) electrons. The van der Waals surface area contributed by atoms with Crippen LogP contribution < -0.4 is 20.3 Å². The molecule has 8 heteroatoms. The topological polar surface area (TPSA) is 102 Å². The van der Waals surface area contributed by atoms with Crippen molar-refractivity contribution in [1.29, 1.82) is 0 Å². The summed E-state index contributed by atoms with van der Waals surface area (Å²) in [6, 6.07) is 8.93. The fourth-order valence-corrected chi connectivity index (χ4v) is 2.37. The van der Waals surface area contributed by atoms with Crippen LogP contribution in [0.2, 0.25) is 0 Å². The van der Waals surface area contributed by atoms with Gasteiger partial charge >= 0.3 is 0 Å². The molecule has 2 N–H and O–H groups in total. The first-order valence-corrected chi connectivity index (χ1v) is 7.43. The van der Waals surface area contributed by atoms with E-state index in [4.69, 9.17) is 13.9 Å². The Morgan fingerprint density at radius 3 is 2.79 bits per heavy atom. The summed E-state index contributed by atoms with van der Waals surface area (Å²) in [4.78, 5) is 14.8. The number of fused-ring (bicyclic) bond motifs is 1. The molecule has 0 fully saturated rings. The molecule has 0 bridgehead atoms. The maximum atomic E-state index is 12.1. The zero-order chi connectivity index (χ0) is 16.4. The summed E-state index contributed by atoms with van der Waals surface area (Å²) in [5, 5.41) is 11.0. The van der Waals surface area contributed by atoms with Gasteiger partial charge in [0, 0.05) is 11.8 Å². The molecule has 3 heterocycles. The van der Waals surface area contributed by atoms with E-state index in [2.05, 4.69) is 20.5 Å². The highest BCUT2D eigenvalue weighted by Gasteiger charge is 2.13. The van der Waals surface area contributed by atoms with E-state index in [1.54, 1.807) is 30.5 Å². The zero-order valence-corrected chi connectivity index (χ0v) is 12.6. The van der Waals surface area contributed by atoms with Gasteiger partial charge in [0.25, 0.3) is 5.56 Å². The van der Waals surface area contributed by atoms with Crippen molar-refractivity contribution in [1.82, 2.24) is 15.2 Å². The summed E-state index contributed by atoms with van der Waals surface area (Å²) in [7, 11) is 0. The molecule has 0 unspecified atom stereocenters. The van der Waals surface area contributed by atoms with Crippen molar-refractivity contribution in [3.8, 4) is 11.5 Å². The van der Waals surface area contributed by atoms with Crippen LogP contribution in [0.1, 0.15) is 11.5 Å². The summed E-state index contributed by atoms with van der Waals surface area (Å²) in [6.07, 6.45) is 1.84. The largest absolute Gasteiger partial charge is 0.486 e. The van der Waals surface area contributed by atoms with Crippen LogP contribution in [0.4, 0.5) is 11.6 Å². The molecular formula is C16H14N4O4. The van der Waals surface area contributed by atoms with Crippen molar-refractivity contribution >= 4 is 11.6 Å². The summed E-state index contributed by atoms with van der Waals surface area (Å²) >= 11 is 0. The number of nitrogens with zero attached hydrogens (tertiary/aromatic N) is 2. The van der Waals surface area contributed by atoms with Crippen molar-refractivity contribution < 1.29 is 13.9 Å². The van der Waals surface area contributed by atoms with E-state index in [0.717, 1.165) is 0 Å². The van der Waals surface area contributed by atoms with Gasteiger partial charge < -0.3 is 19.2 Å². The van der Waals surface area contributed by atoms with Crippen molar-refractivity contribution in [2.45, 2.75) is 6.42 Å². The van der Waals surface area contributed by atoms with E-state index in [0.29, 0.717) is 42.6 Å². The molecule has 4 rings (SSSR count). The molecule has 3 aromatic rings. The van der Waals surface area contributed by atoms with E-state index in [1.165, 1.54) is 0 Å². The van der Waals surface area contributed by atoms with Gasteiger partial charge in [-0.25, -0.2) is 0 Å². The third kappa shape index (κ3) is 2.94. The molecule has 0 aliphatic carbocycles. The molecular weight excluding hydrogens is 312 g/mol. The van der Waals surface area contributed by atoms with Crippen molar-refractivity contribution in [3.05, 3.63) is 58.4 Å². The minimum Gasteiger partial charge on any atom is -0.486 e. The average Bonchev–Trinajstić information content (AvgIpc) is 3.10. The number of furan rings is 1. The maximum Gasteiger partial charge on any atom is 0.274 e. The Kier molecular flexibility index (Phi) is 3.62. The average molecular weight is 326 g/mol. The Morgan fingerprint density at radius 2 is 2.00 bits per heavy atom. The summed E-state index contributed by atoms with van der Waals surface area (Å²) < 4.78 is 16.2. The molecule has 24 heavy (non-hydrogen) atoms. The Bertz CT molecular complexity index is 905. The van der Waals surface area contributed by atoms with Gasteiger partial charge in [0.1, 0.15) is 24.7 Å². The van der Waals surface area contributed by atoms with Gasteiger partial charge in [-0.2, -0.15) is 0 Å². The molecule has 1 aliphatic heterocycles. The van der Waals surface area contributed by atoms with Crippen molar-refractivity contribution in [3.63, 3.8) is 0 Å². The number of rotatable bonds is 4. The number of aromatic nitrogens is 3. The molecule has 2 aromatic heterocycles. The Hall–Kier alpha value is -3.29. The first-order chi connectivity index (χ1) is 11.8. The molecule has 0 spiro atoms. The molecule has 122 valence electrons. The summed E-state index contributed by atoms with van der Waals surface area (Å²) in [6.45, 7) is 1.05. The van der Waals surface area contributed by atoms with Crippen LogP contribution in [0.15, 0.2) is 45.8 Å². The lowest BCUT2D eigenvalue weighted by Gasteiger charge is -2.18.